The van der Waals surface area contributed by atoms with Crippen LogP contribution in [0.5, 0.6) is 11.5 Å². The maximum absolute atomic E-state index is 12.0. The summed E-state index contributed by atoms with van der Waals surface area (Å²) >= 11 is 0. The molecule has 1 fully saturated rings. The number of rotatable bonds is 8. The zero-order valence-electron chi connectivity index (χ0n) is 15.2. The van der Waals surface area contributed by atoms with Gasteiger partial charge in [-0.05, 0) is 49.2 Å². The summed E-state index contributed by atoms with van der Waals surface area (Å²) in [7, 11) is 1.60. The largest absolute Gasteiger partial charge is 0.497 e. The van der Waals surface area contributed by atoms with Gasteiger partial charge in [0.15, 0.2) is 6.61 Å². The van der Waals surface area contributed by atoms with Gasteiger partial charge in [0.05, 0.1) is 7.11 Å². The average Bonchev–Trinajstić information content (AvgIpc) is 3.18. The van der Waals surface area contributed by atoms with Crippen LogP contribution in [-0.4, -0.2) is 37.6 Å². The van der Waals surface area contributed by atoms with Crippen LogP contribution < -0.4 is 14.8 Å². The van der Waals surface area contributed by atoms with Crippen molar-refractivity contribution < 1.29 is 14.3 Å². The molecule has 2 aromatic carbocycles. The summed E-state index contributed by atoms with van der Waals surface area (Å²) in [5.41, 5.74) is 2.41. The fourth-order valence-corrected chi connectivity index (χ4v) is 3.13. The van der Waals surface area contributed by atoms with Crippen LogP contribution in [0.2, 0.25) is 0 Å². The highest BCUT2D eigenvalue weighted by Crippen LogP contribution is 2.18. The molecule has 0 saturated carbocycles. The Kier molecular flexibility index (Phi) is 6.50. The van der Waals surface area contributed by atoms with E-state index in [1.807, 2.05) is 18.2 Å². The number of hydrogen-bond acceptors (Lipinski definition) is 4. The molecule has 2 aromatic rings. The van der Waals surface area contributed by atoms with Crippen molar-refractivity contribution in [1.29, 1.82) is 0 Å². The van der Waals surface area contributed by atoms with Gasteiger partial charge >= 0.3 is 0 Å². The number of nitrogens with zero attached hydrogens (tertiary/aromatic N) is 1. The molecule has 0 spiro atoms. The Morgan fingerprint density at radius 1 is 1.04 bits per heavy atom. The first-order valence-corrected chi connectivity index (χ1v) is 9.06. The third kappa shape index (κ3) is 5.49. The molecule has 1 aliphatic heterocycles. The third-order valence-corrected chi connectivity index (χ3v) is 4.50. The lowest BCUT2D eigenvalue weighted by Gasteiger charge is -2.15. The van der Waals surface area contributed by atoms with Gasteiger partial charge in [0, 0.05) is 19.2 Å². The van der Waals surface area contributed by atoms with E-state index in [4.69, 9.17) is 9.47 Å². The Hall–Kier alpha value is -2.53. The summed E-state index contributed by atoms with van der Waals surface area (Å²) in [5, 5.41) is 2.91. The number of hydrogen-bond donors (Lipinski definition) is 1. The number of likely N-dealkylation sites (tertiary alicyclic amines) is 1. The Morgan fingerprint density at radius 2 is 1.77 bits per heavy atom. The predicted molar refractivity (Wildman–Crippen MR) is 101 cm³/mol. The van der Waals surface area contributed by atoms with E-state index < -0.39 is 0 Å². The van der Waals surface area contributed by atoms with Crippen LogP contribution in [0, 0.1) is 0 Å². The SMILES string of the molecule is COc1cccc(OCC(=O)NCc2cccc(CN3CCCC3)c2)c1. The number of nitrogens with one attached hydrogen (secondary N) is 1. The van der Waals surface area contributed by atoms with Crippen LogP contribution in [-0.2, 0) is 17.9 Å². The molecule has 1 heterocycles. The molecule has 3 rings (SSSR count). The fourth-order valence-electron chi connectivity index (χ4n) is 3.13. The van der Waals surface area contributed by atoms with Crippen LogP contribution in [0.3, 0.4) is 0 Å². The smallest absolute Gasteiger partial charge is 0.258 e. The van der Waals surface area contributed by atoms with Crippen molar-refractivity contribution >= 4 is 5.91 Å². The zero-order valence-corrected chi connectivity index (χ0v) is 15.2. The van der Waals surface area contributed by atoms with Crippen molar-refractivity contribution in [2.75, 3.05) is 26.8 Å². The first-order chi connectivity index (χ1) is 12.7. The Balaban J connectivity index is 1.45. The molecule has 1 amide bonds. The van der Waals surface area contributed by atoms with E-state index in [1.165, 1.54) is 31.5 Å². The number of ether oxygens (including phenoxy) is 2. The van der Waals surface area contributed by atoms with Crippen molar-refractivity contribution in [3.63, 3.8) is 0 Å². The summed E-state index contributed by atoms with van der Waals surface area (Å²) in [5.74, 6) is 1.18. The lowest BCUT2D eigenvalue weighted by atomic mass is 10.1. The molecule has 26 heavy (non-hydrogen) atoms. The average molecular weight is 354 g/mol. The summed E-state index contributed by atoms with van der Waals surface area (Å²) in [4.78, 5) is 14.5. The second kappa shape index (κ2) is 9.25. The fraction of sp³-hybridized carbons (Fsp3) is 0.381. The van der Waals surface area contributed by atoms with E-state index in [0.29, 0.717) is 18.0 Å². The van der Waals surface area contributed by atoms with Crippen LogP contribution in [0.1, 0.15) is 24.0 Å². The second-order valence-corrected chi connectivity index (χ2v) is 6.55. The molecule has 1 aliphatic rings. The van der Waals surface area contributed by atoms with Gasteiger partial charge in [-0.15, -0.1) is 0 Å². The minimum atomic E-state index is -0.141. The van der Waals surface area contributed by atoms with Crippen molar-refractivity contribution in [2.24, 2.45) is 0 Å². The van der Waals surface area contributed by atoms with Crippen LogP contribution in [0.15, 0.2) is 48.5 Å². The highest BCUT2D eigenvalue weighted by Gasteiger charge is 2.12. The molecule has 0 aromatic heterocycles. The number of methoxy groups -OCH3 is 1. The molecular formula is C21H26N2O3. The van der Waals surface area contributed by atoms with Crippen LogP contribution >= 0.6 is 0 Å². The van der Waals surface area contributed by atoms with Crippen molar-refractivity contribution in [1.82, 2.24) is 10.2 Å². The maximum atomic E-state index is 12.0. The van der Waals surface area contributed by atoms with E-state index in [-0.39, 0.29) is 12.5 Å². The summed E-state index contributed by atoms with van der Waals surface area (Å²) in [6.45, 7) is 3.85. The molecule has 0 atom stereocenters. The number of benzene rings is 2. The van der Waals surface area contributed by atoms with Crippen molar-refractivity contribution in [3.8, 4) is 11.5 Å². The van der Waals surface area contributed by atoms with Gasteiger partial charge in [-0.25, -0.2) is 0 Å². The lowest BCUT2D eigenvalue weighted by Crippen LogP contribution is -2.28. The van der Waals surface area contributed by atoms with E-state index in [2.05, 4.69) is 28.4 Å². The predicted octanol–water partition coefficient (Wildman–Crippen LogP) is 2.99. The van der Waals surface area contributed by atoms with Crippen LogP contribution in [0.4, 0.5) is 0 Å². The van der Waals surface area contributed by atoms with Gasteiger partial charge in [0.2, 0.25) is 0 Å². The standard InChI is InChI=1S/C21H26N2O3/c1-25-19-8-5-9-20(13-19)26-16-21(24)22-14-17-6-4-7-18(12-17)15-23-10-2-3-11-23/h4-9,12-13H,2-3,10-11,14-16H2,1H3,(H,22,24). The molecule has 0 radical (unpaired) electrons. The molecule has 5 heteroatoms. The summed E-state index contributed by atoms with van der Waals surface area (Å²) in [6, 6.07) is 15.6. The number of carbonyl (C=O) groups excluding carboxylic acids is 1. The van der Waals surface area contributed by atoms with Crippen molar-refractivity contribution in [2.45, 2.75) is 25.9 Å². The minimum absolute atomic E-state index is 0.0133. The van der Waals surface area contributed by atoms with Crippen molar-refractivity contribution in [3.05, 3.63) is 59.7 Å². The molecule has 0 aliphatic carbocycles. The first kappa shape index (κ1) is 18.3. The first-order valence-electron chi connectivity index (χ1n) is 9.06. The quantitative estimate of drug-likeness (QED) is 0.792. The molecule has 0 unspecified atom stereocenters. The lowest BCUT2D eigenvalue weighted by molar-refractivity contribution is -0.123. The second-order valence-electron chi connectivity index (χ2n) is 6.55. The Morgan fingerprint density at radius 3 is 2.58 bits per heavy atom. The summed E-state index contributed by atoms with van der Waals surface area (Å²) < 4.78 is 10.7. The van der Waals surface area contributed by atoms with E-state index in [0.717, 1.165) is 12.1 Å². The summed E-state index contributed by atoms with van der Waals surface area (Å²) in [6.07, 6.45) is 2.59. The van der Waals surface area contributed by atoms with E-state index in [9.17, 15) is 4.79 Å². The highest BCUT2D eigenvalue weighted by molar-refractivity contribution is 5.77. The Labute approximate surface area is 154 Å². The third-order valence-electron chi connectivity index (χ3n) is 4.50. The molecule has 0 bridgehead atoms. The van der Waals surface area contributed by atoms with Gasteiger partial charge in [0.1, 0.15) is 11.5 Å². The molecule has 1 saturated heterocycles. The van der Waals surface area contributed by atoms with Gasteiger partial charge in [-0.2, -0.15) is 0 Å². The number of amides is 1. The maximum Gasteiger partial charge on any atom is 0.258 e. The molecule has 5 nitrogen and oxygen atoms in total. The van der Waals surface area contributed by atoms with Gasteiger partial charge in [-0.1, -0.05) is 30.3 Å². The molecular weight excluding hydrogens is 328 g/mol. The number of carbonyl (C=O) groups is 1. The van der Waals surface area contributed by atoms with Gasteiger partial charge < -0.3 is 14.8 Å². The topological polar surface area (TPSA) is 50.8 Å². The monoisotopic (exact) mass is 354 g/mol. The van der Waals surface area contributed by atoms with Gasteiger partial charge in [-0.3, -0.25) is 9.69 Å². The van der Waals surface area contributed by atoms with Crippen LogP contribution in [0.25, 0.3) is 0 Å². The van der Waals surface area contributed by atoms with Gasteiger partial charge in [0.25, 0.3) is 5.91 Å². The normalized spacial score (nSPS) is 14.2. The van der Waals surface area contributed by atoms with E-state index in [1.54, 1.807) is 19.2 Å². The molecule has 138 valence electrons. The zero-order chi connectivity index (χ0) is 18.2. The highest BCUT2D eigenvalue weighted by atomic mass is 16.5. The molecule has 1 N–H and O–H groups in total. The Bertz CT molecular complexity index is 727. The minimum Gasteiger partial charge on any atom is -0.497 e. The van der Waals surface area contributed by atoms with E-state index >= 15 is 0 Å².